The van der Waals surface area contributed by atoms with E-state index in [2.05, 4.69) is 5.32 Å². The number of anilines is 1. The minimum atomic E-state index is -0.491. The molecule has 0 aliphatic carbocycles. The number of hydrogen-bond acceptors (Lipinski definition) is 4. The van der Waals surface area contributed by atoms with E-state index in [1.165, 1.54) is 6.92 Å². The number of ether oxygens (including phenoxy) is 1. The van der Waals surface area contributed by atoms with Gasteiger partial charge in [0.15, 0.2) is 12.4 Å². The number of rotatable bonds is 6. The number of esters is 1. The van der Waals surface area contributed by atoms with E-state index >= 15 is 0 Å². The van der Waals surface area contributed by atoms with Gasteiger partial charge in [-0.05, 0) is 35.4 Å². The van der Waals surface area contributed by atoms with Crippen molar-refractivity contribution in [2.75, 3.05) is 11.9 Å². The Balaban J connectivity index is 1.59. The predicted octanol–water partition coefficient (Wildman–Crippen LogP) is 3.77. The molecule has 27 heavy (non-hydrogen) atoms. The largest absolute Gasteiger partial charge is 0.455 e. The van der Waals surface area contributed by atoms with E-state index in [-0.39, 0.29) is 12.2 Å². The topological polar surface area (TPSA) is 72.5 Å². The summed E-state index contributed by atoms with van der Waals surface area (Å²) in [5.41, 5.74) is 1.66. The highest BCUT2D eigenvalue weighted by Gasteiger charge is 2.13. The third-order valence-electron chi connectivity index (χ3n) is 4.16. The fourth-order valence-corrected chi connectivity index (χ4v) is 2.88. The molecule has 0 saturated carbocycles. The first-order valence-electron chi connectivity index (χ1n) is 8.56. The molecule has 5 heteroatoms. The lowest BCUT2D eigenvalue weighted by atomic mass is 10.0. The average Bonchev–Trinajstić information content (AvgIpc) is 2.67. The number of carbonyl (C=O) groups excluding carboxylic acids is 3. The molecule has 0 heterocycles. The van der Waals surface area contributed by atoms with Crippen LogP contribution in [0.2, 0.25) is 0 Å². The van der Waals surface area contributed by atoms with Gasteiger partial charge in [-0.1, -0.05) is 54.6 Å². The molecule has 0 atom stereocenters. The summed E-state index contributed by atoms with van der Waals surface area (Å²) in [6, 6.07) is 20.2. The van der Waals surface area contributed by atoms with Gasteiger partial charge in [-0.3, -0.25) is 14.4 Å². The number of nitrogens with one attached hydrogen (secondary N) is 1. The first kappa shape index (κ1) is 18.3. The normalized spacial score (nSPS) is 10.4. The third-order valence-corrected chi connectivity index (χ3v) is 4.16. The van der Waals surface area contributed by atoms with E-state index in [1.807, 2.05) is 42.5 Å². The Morgan fingerprint density at radius 3 is 2.41 bits per heavy atom. The van der Waals surface area contributed by atoms with Crippen LogP contribution in [0.15, 0.2) is 66.7 Å². The minimum absolute atomic E-state index is 0.0820. The van der Waals surface area contributed by atoms with Crippen LogP contribution in [-0.2, 0) is 20.7 Å². The molecule has 0 radical (unpaired) electrons. The van der Waals surface area contributed by atoms with Gasteiger partial charge in [0.05, 0.1) is 12.1 Å². The zero-order chi connectivity index (χ0) is 19.2. The van der Waals surface area contributed by atoms with E-state index in [0.717, 1.165) is 16.3 Å². The molecule has 5 nitrogen and oxygen atoms in total. The standard InChI is InChI=1S/C22H19NO4/c1-15(24)18-10-4-5-12-20(18)23-21(25)14-27-22(26)13-17-9-6-8-16-7-2-3-11-19(16)17/h2-12H,13-14H2,1H3,(H,23,25). The minimum Gasteiger partial charge on any atom is -0.455 e. The highest BCUT2D eigenvalue weighted by atomic mass is 16.5. The molecule has 3 rings (SSSR count). The smallest absolute Gasteiger partial charge is 0.310 e. The van der Waals surface area contributed by atoms with Crippen molar-refractivity contribution in [3.63, 3.8) is 0 Å². The Bertz CT molecular complexity index is 1000. The average molecular weight is 361 g/mol. The number of carbonyl (C=O) groups is 3. The summed E-state index contributed by atoms with van der Waals surface area (Å²) < 4.78 is 5.09. The van der Waals surface area contributed by atoms with Crippen LogP contribution in [0.25, 0.3) is 10.8 Å². The number of Topliss-reactive ketones (excluding diaryl/α,β-unsaturated/α-hetero) is 1. The Kier molecular flexibility index (Phi) is 5.61. The summed E-state index contributed by atoms with van der Waals surface area (Å²) in [5.74, 6) is -1.13. The van der Waals surface area contributed by atoms with Crippen molar-refractivity contribution in [1.29, 1.82) is 0 Å². The van der Waals surface area contributed by atoms with Crippen LogP contribution in [0.3, 0.4) is 0 Å². The van der Waals surface area contributed by atoms with Gasteiger partial charge in [0.1, 0.15) is 0 Å². The number of ketones is 1. The van der Waals surface area contributed by atoms with Crippen LogP contribution in [0, 0.1) is 0 Å². The van der Waals surface area contributed by atoms with E-state index in [1.54, 1.807) is 24.3 Å². The first-order chi connectivity index (χ1) is 13.0. The zero-order valence-electron chi connectivity index (χ0n) is 14.9. The molecule has 0 aliphatic rings. The number of amides is 1. The van der Waals surface area contributed by atoms with E-state index < -0.39 is 18.5 Å². The van der Waals surface area contributed by atoms with E-state index in [4.69, 9.17) is 4.74 Å². The molecule has 136 valence electrons. The zero-order valence-corrected chi connectivity index (χ0v) is 14.9. The van der Waals surface area contributed by atoms with Gasteiger partial charge >= 0.3 is 5.97 Å². The molecule has 0 aliphatic heterocycles. The quantitative estimate of drug-likeness (QED) is 0.536. The molecule has 1 N–H and O–H groups in total. The summed E-state index contributed by atoms with van der Waals surface area (Å²) in [5, 5.41) is 4.63. The van der Waals surface area contributed by atoms with Crippen LogP contribution in [0.1, 0.15) is 22.8 Å². The number of para-hydroxylation sites is 1. The SMILES string of the molecule is CC(=O)c1ccccc1NC(=O)COC(=O)Cc1cccc2ccccc12. The Hall–Kier alpha value is -3.47. The molecule has 0 aromatic heterocycles. The molecular weight excluding hydrogens is 342 g/mol. The Labute approximate surface area is 157 Å². The van der Waals surface area contributed by atoms with Gasteiger partial charge < -0.3 is 10.1 Å². The first-order valence-corrected chi connectivity index (χ1v) is 8.56. The van der Waals surface area contributed by atoms with Crippen LogP contribution >= 0.6 is 0 Å². The van der Waals surface area contributed by atoms with Crippen LogP contribution in [-0.4, -0.2) is 24.3 Å². The summed E-state index contributed by atoms with van der Waals surface area (Å²) in [7, 11) is 0. The van der Waals surface area contributed by atoms with Crippen molar-refractivity contribution in [2.45, 2.75) is 13.3 Å². The monoisotopic (exact) mass is 361 g/mol. The number of hydrogen-bond donors (Lipinski definition) is 1. The Morgan fingerprint density at radius 1 is 0.889 bits per heavy atom. The van der Waals surface area contributed by atoms with Gasteiger partial charge in [0.2, 0.25) is 0 Å². The molecule has 0 unspecified atom stereocenters. The van der Waals surface area contributed by atoms with Crippen molar-refractivity contribution in [2.24, 2.45) is 0 Å². The summed E-state index contributed by atoms with van der Waals surface area (Å²) in [4.78, 5) is 35.8. The highest BCUT2D eigenvalue weighted by molar-refractivity contribution is 6.04. The van der Waals surface area contributed by atoms with Crippen molar-refractivity contribution in [1.82, 2.24) is 0 Å². The fraction of sp³-hybridized carbons (Fsp3) is 0.136. The van der Waals surface area contributed by atoms with Crippen molar-refractivity contribution in [3.05, 3.63) is 77.9 Å². The lowest BCUT2D eigenvalue weighted by molar-refractivity contribution is -0.146. The lowest BCUT2D eigenvalue weighted by Gasteiger charge is -2.10. The summed E-state index contributed by atoms with van der Waals surface area (Å²) in [6.07, 6.45) is 0.0820. The number of fused-ring (bicyclic) bond motifs is 1. The van der Waals surface area contributed by atoms with Crippen LogP contribution < -0.4 is 5.32 Å². The van der Waals surface area contributed by atoms with Crippen molar-refractivity contribution < 1.29 is 19.1 Å². The van der Waals surface area contributed by atoms with Crippen LogP contribution in [0.4, 0.5) is 5.69 Å². The van der Waals surface area contributed by atoms with E-state index in [9.17, 15) is 14.4 Å². The maximum absolute atomic E-state index is 12.1. The van der Waals surface area contributed by atoms with Gasteiger partial charge in [-0.15, -0.1) is 0 Å². The molecular formula is C22H19NO4. The molecule has 0 bridgehead atoms. The molecule has 0 spiro atoms. The van der Waals surface area contributed by atoms with Crippen molar-refractivity contribution in [3.8, 4) is 0 Å². The van der Waals surface area contributed by atoms with E-state index in [0.29, 0.717) is 11.3 Å². The second-order valence-electron chi connectivity index (χ2n) is 6.13. The Morgan fingerprint density at radius 2 is 1.59 bits per heavy atom. The second-order valence-corrected chi connectivity index (χ2v) is 6.13. The fourth-order valence-electron chi connectivity index (χ4n) is 2.88. The molecule has 1 amide bonds. The molecule has 3 aromatic rings. The molecule has 0 fully saturated rings. The maximum atomic E-state index is 12.1. The predicted molar refractivity (Wildman–Crippen MR) is 104 cm³/mol. The highest BCUT2D eigenvalue weighted by Crippen LogP contribution is 2.19. The van der Waals surface area contributed by atoms with Gasteiger partial charge in [-0.25, -0.2) is 0 Å². The summed E-state index contributed by atoms with van der Waals surface area (Å²) >= 11 is 0. The van der Waals surface area contributed by atoms with Gasteiger partial charge in [0, 0.05) is 5.56 Å². The third kappa shape index (κ3) is 4.58. The maximum Gasteiger partial charge on any atom is 0.310 e. The summed E-state index contributed by atoms with van der Waals surface area (Å²) in [6.45, 7) is 1.02. The second kappa shape index (κ2) is 8.27. The van der Waals surface area contributed by atoms with Crippen LogP contribution in [0.5, 0.6) is 0 Å². The van der Waals surface area contributed by atoms with Gasteiger partial charge in [-0.2, -0.15) is 0 Å². The number of benzene rings is 3. The molecule has 0 saturated heterocycles. The molecule has 3 aromatic carbocycles. The van der Waals surface area contributed by atoms with Crippen molar-refractivity contribution >= 4 is 34.1 Å². The lowest BCUT2D eigenvalue weighted by Crippen LogP contribution is -2.22. The van der Waals surface area contributed by atoms with Gasteiger partial charge in [0.25, 0.3) is 5.91 Å².